The zero-order valence-electron chi connectivity index (χ0n) is 14.7. The molecule has 1 aliphatic rings. The summed E-state index contributed by atoms with van der Waals surface area (Å²) in [5, 5.41) is 10.9. The average Bonchev–Trinajstić information content (AvgIpc) is 3.06. The molecule has 7 heteroatoms. The molecular weight excluding hydrogens is 432 g/mol. The maximum Gasteiger partial charge on any atom is 0.323 e. The number of rotatable bonds is 3. The third-order valence-electron chi connectivity index (χ3n) is 5.28. The molecule has 1 N–H and O–H groups in total. The summed E-state index contributed by atoms with van der Waals surface area (Å²) in [6, 6.07) is 9.40. The molecule has 5 nitrogen and oxygen atoms in total. The predicted octanol–water partition coefficient (Wildman–Crippen LogP) is 4.64. The molecule has 1 atom stereocenters. The van der Waals surface area contributed by atoms with Crippen molar-refractivity contribution < 1.29 is 9.90 Å². The van der Waals surface area contributed by atoms with Crippen molar-refractivity contribution in [1.82, 2.24) is 4.57 Å². The van der Waals surface area contributed by atoms with Crippen LogP contribution >= 0.6 is 27.5 Å². The Balaban J connectivity index is 2.10. The van der Waals surface area contributed by atoms with Gasteiger partial charge in [0, 0.05) is 29.0 Å². The second kappa shape index (κ2) is 6.84. The zero-order valence-corrected chi connectivity index (χ0v) is 17.0. The molecule has 0 unspecified atom stereocenters. The van der Waals surface area contributed by atoms with E-state index in [9.17, 15) is 14.7 Å². The molecule has 3 aromatic rings. The number of aromatic nitrogens is 1. The van der Waals surface area contributed by atoms with Crippen LogP contribution in [0.15, 0.2) is 39.6 Å². The molecule has 140 valence electrons. The van der Waals surface area contributed by atoms with E-state index in [1.807, 2.05) is 12.1 Å². The van der Waals surface area contributed by atoms with E-state index in [2.05, 4.69) is 27.8 Å². The number of carbonyl (C=O) groups is 1. The Kier molecular flexibility index (Phi) is 4.64. The van der Waals surface area contributed by atoms with Gasteiger partial charge in [-0.1, -0.05) is 11.6 Å². The molecule has 27 heavy (non-hydrogen) atoms. The van der Waals surface area contributed by atoms with E-state index in [1.165, 1.54) is 0 Å². The van der Waals surface area contributed by atoms with Crippen molar-refractivity contribution in [2.24, 2.45) is 0 Å². The fraction of sp³-hybridized carbons (Fsp3) is 0.300. The number of hydrogen-bond donors (Lipinski definition) is 1. The van der Waals surface area contributed by atoms with Crippen molar-refractivity contribution in [2.45, 2.75) is 32.4 Å². The van der Waals surface area contributed by atoms with E-state index in [0.29, 0.717) is 37.3 Å². The normalized spacial score (nSPS) is 17.1. The number of fused-ring (bicyclic) bond motifs is 2. The standard InChI is InChI=1S/C20H18BrClN2O3/c1-11-3-2-8-23(11)12-4-5-13-16(9-12)24(10-17(25)26)19-14(20(13)27)6-7-15(22)18(19)21/h4-7,9,11H,2-3,8,10H2,1H3,(H,25,26)/t11-/m0/s1. The van der Waals surface area contributed by atoms with Gasteiger partial charge >= 0.3 is 5.97 Å². The van der Waals surface area contributed by atoms with Crippen molar-refractivity contribution in [1.29, 1.82) is 0 Å². The van der Waals surface area contributed by atoms with Crippen LogP contribution in [0.2, 0.25) is 5.02 Å². The number of halogens is 2. The maximum atomic E-state index is 13.0. The van der Waals surface area contributed by atoms with Gasteiger partial charge in [0.2, 0.25) is 0 Å². The summed E-state index contributed by atoms with van der Waals surface area (Å²) in [7, 11) is 0. The number of benzene rings is 2. The molecule has 1 aromatic heterocycles. The third-order valence-corrected chi connectivity index (χ3v) is 6.62. The van der Waals surface area contributed by atoms with Crippen LogP contribution in [-0.2, 0) is 11.3 Å². The second-order valence-electron chi connectivity index (χ2n) is 6.95. The monoisotopic (exact) mass is 448 g/mol. The maximum absolute atomic E-state index is 13.0. The van der Waals surface area contributed by atoms with Crippen molar-refractivity contribution in [3.05, 3.63) is 50.1 Å². The van der Waals surface area contributed by atoms with Crippen LogP contribution in [0.25, 0.3) is 21.8 Å². The summed E-state index contributed by atoms with van der Waals surface area (Å²) in [5.41, 5.74) is 1.99. The lowest BCUT2D eigenvalue weighted by atomic mass is 10.1. The van der Waals surface area contributed by atoms with Gasteiger partial charge in [0.25, 0.3) is 0 Å². The molecule has 0 saturated carbocycles. The van der Waals surface area contributed by atoms with Gasteiger partial charge in [-0.3, -0.25) is 9.59 Å². The minimum absolute atomic E-state index is 0.125. The smallest absolute Gasteiger partial charge is 0.323 e. The largest absolute Gasteiger partial charge is 0.480 e. The Hall–Kier alpha value is -2.05. The first-order valence-electron chi connectivity index (χ1n) is 8.81. The number of nitrogens with zero attached hydrogens (tertiary/aromatic N) is 2. The van der Waals surface area contributed by atoms with Crippen molar-refractivity contribution >= 4 is 61.0 Å². The van der Waals surface area contributed by atoms with Crippen molar-refractivity contribution in [2.75, 3.05) is 11.4 Å². The van der Waals surface area contributed by atoms with Gasteiger partial charge < -0.3 is 14.6 Å². The van der Waals surface area contributed by atoms with Crippen LogP contribution in [-0.4, -0.2) is 28.2 Å². The SMILES string of the molecule is C[C@H]1CCCN1c1ccc2c(=O)c3ccc(Cl)c(Br)c3n(CC(=O)O)c2c1. The molecular formula is C20H18BrClN2O3. The van der Waals surface area contributed by atoms with E-state index in [4.69, 9.17) is 11.6 Å². The highest BCUT2D eigenvalue weighted by molar-refractivity contribution is 9.10. The van der Waals surface area contributed by atoms with Gasteiger partial charge in [-0.05, 0) is 66.0 Å². The Morgan fingerprint density at radius 2 is 2.04 bits per heavy atom. The van der Waals surface area contributed by atoms with Gasteiger partial charge in [-0.25, -0.2) is 0 Å². The minimum Gasteiger partial charge on any atom is -0.480 e. The quantitative estimate of drug-likeness (QED) is 0.592. The number of hydrogen-bond acceptors (Lipinski definition) is 3. The van der Waals surface area contributed by atoms with Crippen molar-refractivity contribution in [3.8, 4) is 0 Å². The summed E-state index contributed by atoms with van der Waals surface area (Å²) in [4.78, 5) is 26.9. The summed E-state index contributed by atoms with van der Waals surface area (Å²) < 4.78 is 2.19. The van der Waals surface area contributed by atoms with E-state index in [0.717, 1.165) is 25.1 Å². The van der Waals surface area contributed by atoms with Crippen molar-refractivity contribution in [3.63, 3.8) is 0 Å². The molecule has 4 rings (SSSR count). The molecule has 0 amide bonds. The van der Waals surface area contributed by atoms with Gasteiger partial charge in [0.1, 0.15) is 6.54 Å². The van der Waals surface area contributed by atoms with E-state index in [-0.39, 0.29) is 12.0 Å². The predicted molar refractivity (Wildman–Crippen MR) is 112 cm³/mol. The first-order valence-corrected chi connectivity index (χ1v) is 9.98. The van der Waals surface area contributed by atoms with Crippen LogP contribution in [0.3, 0.4) is 0 Å². The minimum atomic E-state index is -0.979. The molecule has 0 spiro atoms. The molecule has 0 bridgehead atoms. The van der Waals surface area contributed by atoms with Crippen LogP contribution in [0.1, 0.15) is 19.8 Å². The van der Waals surface area contributed by atoms with Crippen LogP contribution in [0.4, 0.5) is 5.69 Å². The lowest BCUT2D eigenvalue weighted by Gasteiger charge is -2.25. The third kappa shape index (κ3) is 3.01. The van der Waals surface area contributed by atoms with Crippen LogP contribution < -0.4 is 10.3 Å². The number of pyridine rings is 1. The number of carboxylic acid groups (broad SMARTS) is 1. The highest BCUT2D eigenvalue weighted by atomic mass is 79.9. The van der Waals surface area contributed by atoms with Gasteiger partial charge in [0.15, 0.2) is 5.43 Å². The molecule has 2 heterocycles. The molecule has 1 fully saturated rings. The van der Waals surface area contributed by atoms with Gasteiger partial charge in [0.05, 0.1) is 20.5 Å². The molecule has 0 radical (unpaired) electrons. The summed E-state index contributed by atoms with van der Waals surface area (Å²) in [5.74, 6) is -0.979. The Bertz CT molecular complexity index is 1140. The number of carboxylic acids is 1. The number of aliphatic carboxylic acids is 1. The molecule has 1 aliphatic heterocycles. The highest BCUT2D eigenvalue weighted by Crippen LogP contribution is 2.34. The average molecular weight is 450 g/mol. The van der Waals surface area contributed by atoms with E-state index < -0.39 is 5.97 Å². The Labute approximate surface area is 169 Å². The molecule has 2 aromatic carbocycles. The Morgan fingerprint density at radius 3 is 2.70 bits per heavy atom. The number of anilines is 1. The van der Waals surface area contributed by atoms with Crippen LogP contribution in [0.5, 0.6) is 0 Å². The summed E-state index contributed by atoms with van der Waals surface area (Å²) >= 11 is 9.68. The van der Waals surface area contributed by atoms with E-state index >= 15 is 0 Å². The lowest BCUT2D eigenvalue weighted by Crippen LogP contribution is -2.26. The van der Waals surface area contributed by atoms with E-state index in [1.54, 1.807) is 22.8 Å². The lowest BCUT2D eigenvalue weighted by molar-refractivity contribution is -0.137. The van der Waals surface area contributed by atoms with Crippen LogP contribution in [0, 0.1) is 0 Å². The molecule has 0 aliphatic carbocycles. The first kappa shape index (κ1) is 18.3. The van der Waals surface area contributed by atoms with Gasteiger partial charge in [-0.2, -0.15) is 0 Å². The highest BCUT2D eigenvalue weighted by Gasteiger charge is 2.22. The molecule has 1 saturated heterocycles. The second-order valence-corrected chi connectivity index (χ2v) is 8.15. The fourth-order valence-electron chi connectivity index (χ4n) is 3.98. The zero-order chi connectivity index (χ0) is 19.3. The summed E-state index contributed by atoms with van der Waals surface area (Å²) in [6.07, 6.45) is 2.25. The first-order chi connectivity index (χ1) is 12.9. The Morgan fingerprint density at radius 1 is 1.30 bits per heavy atom. The fourth-order valence-corrected chi connectivity index (χ4v) is 4.70. The summed E-state index contributed by atoms with van der Waals surface area (Å²) in [6.45, 7) is 2.88. The van der Waals surface area contributed by atoms with Gasteiger partial charge in [-0.15, -0.1) is 0 Å². The topological polar surface area (TPSA) is 62.5 Å².